The molecular weight excluding hydrogens is 227 g/mol. The molecule has 17 heavy (non-hydrogen) atoms. The minimum atomic E-state index is -4.29. The SMILES string of the molecule is CC1(C)CC1(CN)c1cccc(C(F)(F)F)c1. The van der Waals surface area contributed by atoms with Crippen molar-refractivity contribution in [2.24, 2.45) is 11.1 Å². The van der Waals surface area contributed by atoms with Gasteiger partial charge in [-0.3, -0.25) is 0 Å². The second kappa shape index (κ2) is 3.48. The van der Waals surface area contributed by atoms with Crippen molar-refractivity contribution in [3.05, 3.63) is 35.4 Å². The average Bonchev–Trinajstić information content (AvgIpc) is 2.81. The van der Waals surface area contributed by atoms with Crippen LogP contribution in [0.3, 0.4) is 0 Å². The third-order valence-electron chi connectivity index (χ3n) is 4.01. The molecule has 1 nitrogen and oxygen atoms in total. The van der Waals surface area contributed by atoms with E-state index in [9.17, 15) is 13.2 Å². The maximum atomic E-state index is 12.6. The van der Waals surface area contributed by atoms with Crippen LogP contribution < -0.4 is 5.73 Å². The Morgan fingerprint density at radius 3 is 2.29 bits per heavy atom. The van der Waals surface area contributed by atoms with Gasteiger partial charge in [-0.2, -0.15) is 13.2 Å². The minimum Gasteiger partial charge on any atom is -0.330 e. The van der Waals surface area contributed by atoms with Gasteiger partial charge in [0.25, 0.3) is 0 Å². The third-order valence-corrected chi connectivity index (χ3v) is 4.01. The highest BCUT2D eigenvalue weighted by Crippen LogP contribution is 2.63. The van der Waals surface area contributed by atoms with Gasteiger partial charge in [0, 0.05) is 12.0 Å². The van der Waals surface area contributed by atoms with Crippen LogP contribution >= 0.6 is 0 Å². The predicted octanol–water partition coefficient (Wildman–Crippen LogP) is 3.33. The highest BCUT2D eigenvalue weighted by atomic mass is 19.4. The zero-order valence-electron chi connectivity index (χ0n) is 9.93. The monoisotopic (exact) mass is 243 g/mol. The lowest BCUT2D eigenvalue weighted by atomic mass is 9.87. The molecule has 0 saturated heterocycles. The van der Waals surface area contributed by atoms with Gasteiger partial charge in [-0.25, -0.2) is 0 Å². The molecule has 1 aromatic carbocycles. The first-order chi connectivity index (χ1) is 7.73. The molecule has 1 unspecified atom stereocenters. The van der Waals surface area contributed by atoms with E-state index >= 15 is 0 Å². The molecule has 1 aliphatic carbocycles. The molecular formula is C13H16F3N. The van der Waals surface area contributed by atoms with Crippen molar-refractivity contribution >= 4 is 0 Å². The second-order valence-corrected chi connectivity index (χ2v) is 5.43. The Balaban J connectivity index is 2.42. The quantitative estimate of drug-likeness (QED) is 0.847. The molecule has 1 saturated carbocycles. The largest absolute Gasteiger partial charge is 0.416 e. The van der Waals surface area contributed by atoms with E-state index in [4.69, 9.17) is 5.73 Å². The van der Waals surface area contributed by atoms with Crippen molar-refractivity contribution in [3.8, 4) is 0 Å². The number of halogens is 3. The summed E-state index contributed by atoms with van der Waals surface area (Å²) in [7, 11) is 0. The Morgan fingerprint density at radius 1 is 1.29 bits per heavy atom. The Hall–Kier alpha value is -1.03. The topological polar surface area (TPSA) is 26.0 Å². The van der Waals surface area contributed by atoms with Crippen molar-refractivity contribution in [2.75, 3.05) is 6.54 Å². The number of nitrogens with two attached hydrogens (primary N) is 1. The first-order valence-electron chi connectivity index (χ1n) is 5.61. The standard InChI is InChI=1S/C13H16F3N/c1-11(2)7-12(11,8-17)9-4-3-5-10(6-9)13(14,15)16/h3-6H,7-8,17H2,1-2H3. The predicted molar refractivity (Wildman–Crippen MR) is 60.6 cm³/mol. The fraction of sp³-hybridized carbons (Fsp3) is 0.538. The van der Waals surface area contributed by atoms with Crippen molar-refractivity contribution in [3.63, 3.8) is 0 Å². The van der Waals surface area contributed by atoms with Crippen LogP contribution in [0.15, 0.2) is 24.3 Å². The first-order valence-corrected chi connectivity index (χ1v) is 5.61. The van der Waals surface area contributed by atoms with E-state index in [0.29, 0.717) is 12.1 Å². The van der Waals surface area contributed by atoms with Crippen molar-refractivity contribution in [2.45, 2.75) is 31.9 Å². The number of hydrogen-bond acceptors (Lipinski definition) is 1. The van der Waals surface area contributed by atoms with E-state index in [0.717, 1.165) is 12.5 Å². The van der Waals surface area contributed by atoms with E-state index in [-0.39, 0.29) is 10.8 Å². The van der Waals surface area contributed by atoms with Gasteiger partial charge in [-0.1, -0.05) is 32.0 Å². The molecule has 94 valence electrons. The minimum absolute atomic E-state index is 0.00796. The van der Waals surface area contributed by atoms with Crippen LogP contribution in [0.4, 0.5) is 13.2 Å². The highest BCUT2D eigenvalue weighted by molar-refractivity contribution is 5.40. The number of rotatable bonds is 2. The lowest BCUT2D eigenvalue weighted by Crippen LogP contribution is -2.25. The molecule has 0 radical (unpaired) electrons. The maximum absolute atomic E-state index is 12.6. The van der Waals surface area contributed by atoms with Gasteiger partial charge in [-0.05, 0) is 23.5 Å². The highest BCUT2D eigenvalue weighted by Gasteiger charge is 2.61. The Morgan fingerprint density at radius 2 is 1.88 bits per heavy atom. The molecule has 2 rings (SSSR count). The van der Waals surface area contributed by atoms with Crippen LogP contribution in [0.1, 0.15) is 31.4 Å². The zero-order chi connectivity index (χ0) is 12.9. The van der Waals surface area contributed by atoms with Crippen molar-refractivity contribution < 1.29 is 13.2 Å². The second-order valence-electron chi connectivity index (χ2n) is 5.43. The first kappa shape index (κ1) is 12.4. The lowest BCUT2D eigenvalue weighted by Gasteiger charge is -2.20. The van der Waals surface area contributed by atoms with E-state index in [1.54, 1.807) is 6.07 Å². The summed E-state index contributed by atoms with van der Waals surface area (Å²) < 4.78 is 37.9. The summed E-state index contributed by atoms with van der Waals surface area (Å²) in [5.74, 6) is 0. The van der Waals surface area contributed by atoms with Crippen LogP contribution in [0, 0.1) is 5.41 Å². The molecule has 0 spiro atoms. The molecule has 0 amide bonds. The van der Waals surface area contributed by atoms with Gasteiger partial charge < -0.3 is 5.73 Å². The Bertz CT molecular complexity index is 437. The fourth-order valence-corrected chi connectivity index (χ4v) is 2.66. The Kier molecular flexibility index (Phi) is 2.54. The van der Waals surface area contributed by atoms with Crippen LogP contribution in [0.5, 0.6) is 0 Å². The third kappa shape index (κ3) is 1.84. The summed E-state index contributed by atoms with van der Waals surface area (Å²) in [6.07, 6.45) is -3.44. The molecule has 1 atom stereocenters. The van der Waals surface area contributed by atoms with Crippen LogP contribution in [-0.4, -0.2) is 6.54 Å². The van der Waals surface area contributed by atoms with Gasteiger partial charge in [-0.15, -0.1) is 0 Å². The number of hydrogen-bond donors (Lipinski definition) is 1. The molecule has 0 aromatic heterocycles. The van der Waals surface area contributed by atoms with Crippen LogP contribution in [-0.2, 0) is 11.6 Å². The molecule has 2 N–H and O–H groups in total. The maximum Gasteiger partial charge on any atom is 0.416 e. The van der Waals surface area contributed by atoms with Crippen LogP contribution in [0.2, 0.25) is 0 Å². The summed E-state index contributed by atoms with van der Waals surface area (Å²) in [6.45, 7) is 4.47. The van der Waals surface area contributed by atoms with Gasteiger partial charge in [0.15, 0.2) is 0 Å². The number of benzene rings is 1. The number of alkyl halides is 3. The summed E-state index contributed by atoms with van der Waals surface area (Å²) in [4.78, 5) is 0. The van der Waals surface area contributed by atoms with Gasteiger partial charge >= 0.3 is 6.18 Å². The smallest absolute Gasteiger partial charge is 0.330 e. The molecule has 0 aliphatic heterocycles. The van der Waals surface area contributed by atoms with Gasteiger partial charge in [0.2, 0.25) is 0 Å². The molecule has 1 aromatic rings. The molecule has 0 heterocycles. The lowest BCUT2D eigenvalue weighted by molar-refractivity contribution is -0.137. The molecule has 0 bridgehead atoms. The van der Waals surface area contributed by atoms with Gasteiger partial charge in [0.05, 0.1) is 5.56 Å². The Labute approximate surface area is 98.8 Å². The summed E-state index contributed by atoms with van der Waals surface area (Å²) in [6, 6.07) is 5.55. The average molecular weight is 243 g/mol. The fourth-order valence-electron chi connectivity index (χ4n) is 2.66. The van der Waals surface area contributed by atoms with E-state index < -0.39 is 11.7 Å². The van der Waals surface area contributed by atoms with Crippen LogP contribution in [0.25, 0.3) is 0 Å². The summed E-state index contributed by atoms with van der Waals surface area (Å²) >= 11 is 0. The van der Waals surface area contributed by atoms with Crippen molar-refractivity contribution in [1.29, 1.82) is 0 Å². The van der Waals surface area contributed by atoms with E-state index in [1.807, 2.05) is 13.8 Å². The zero-order valence-corrected chi connectivity index (χ0v) is 9.93. The molecule has 1 fully saturated rings. The summed E-state index contributed by atoms with van der Waals surface area (Å²) in [5, 5.41) is 0. The normalized spacial score (nSPS) is 26.9. The van der Waals surface area contributed by atoms with E-state index in [1.165, 1.54) is 12.1 Å². The van der Waals surface area contributed by atoms with Gasteiger partial charge in [0.1, 0.15) is 0 Å². The van der Waals surface area contributed by atoms with E-state index in [2.05, 4.69) is 0 Å². The van der Waals surface area contributed by atoms with Crippen molar-refractivity contribution in [1.82, 2.24) is 0 Å². The summed E-state index contributed by atoms with van der Waals surface area (Å²) in [5.41, 5.74) is 5.58. The molecule has 4 heteroatoms. The molecule has 1 aliphatic rings.